The van der Waals surface area contributed by atoms with Gasteiger partial charge in [-0.2, -0.15) is 9.79 Å². The molecule has 1 aliphatic rings. The van der Waals surface area contributed by atoms with Crippen LogP contribution in [0, 0.1) is 0 Å². The Kier molecular flexibility index (Phi) is 3.44. The van der Waals surface area contributed by atoms with Crippen LogP contribution < -0.4 is 5.73 Å². The third-order valence-corrected chi connectivity index (χ3v) is 3.53. The Balaban J connectivity index is 1.88. The lowest BCUT2D eigenvalue weighted by Crippen LogP contribution is -2.31. The predicted octanol–water partition coefficient (Wildman–Crippen LogP) is 0.0139. The normalized spacial score (nSPS) is 18.1. The molecule has 108 valence electrons. The molecule has 1 unspecified atom stereocenters. The van der Waals surface area contributed by atoms with Gasteiger partial charge in [0.1, 0.15) is 6.04 Å². The van der Waals surface area contributed by atoms with Crippen LogP contribution in [0.3, 0.4) is 0 Å². The highest BCUT2D eigenvalue weighted by Crippen LogP contribution is 2.34. The number of H-pyrrole nitrogens is 1. The van der Waals surface area contributed by atoms with E-state index in [1.165, 1.54) is 0 Å². The van der Waals surface area contributed by atoms with Crippen LogP contribution >= 0.6 is 0 Å². The first-order chi connectivity index (χ1) is 10.1. The Morgan fingerprint density at radius 1 is 1.48 bits per heavy atom. The summed E-state index contributed by atoms with van der Waals surface area (Å²) >= 11 is 0. The average molecular weight is 287 g/mol. The summed E-state index contributed by atoms with van der Waals surface area (Å²) in [6.45, 7) is 0.478. The fourth-order valence-corrected chi connectivity index (χ4v) is 2.54. The molecule has 0 radical (unpaired) electrons. The minimum atomic E-state index is -0.988. The quantitative estimate of drug-likeness (QED) is 0.666. The lowest BCUT2D eigenvalue weighted by molar-refractivity contribution is -0.452. The second-order valence-electron chi connectivity index (χ2n) is 4.95. The largest absolute Gasteiger partial charge is 0.480 e. The van der Waals surface area contributed by atoms with Crippen LogP contribution in [0.5, 0.6) is 0 Å². The number of hydrogen-bond acceptors (Lipinski definition) is 5. The Labute approximate surface area is 120 Å². The molecule has 0 spiro atoms. The number of carbonyl (C=O) groups is 1. The number of hydrogen-bond donors (Lipinski definition) is 3. The molecule has 1 aromatic heterocycles. The van der Waals surface area contributed by atoms with Crippen LogP contribution in [0.15, 0.2) is 24.3 Å². The number of nitrogens with one attached hydrogen (secondary N) is 1. The van der Waals surface area contributed by atoms with Gasteiger partial charge in [-0.1, -0.05) is 18.2 Å². The number of nitrogens with two attached hydrogens (primary N) is 1. The van der Waals surface area contributed by atoms with Gasteiger partial charge in [0.2, 0.25) is 18.1 Å². The maximum atomic E-state index is 11.0. The molecule has 0 saturated heterocycles. The van der Waals surface area contributed by atoms with Crippen molar-refractivity contribution in [1.82, 2.24) is 20.6 Å². The van der Waals surface area contributed by atoms with E-state index in [0.717, 1.165) is 11.3 Å². The summed E-state index contributed by atoms with van der Waals surface area (Å²) in [4.78, 5) is 11.0. The topological polar surface area (TPSA) is 121 Å². The smallest absolute Gasteiger partial charge is 0.320 e. The lowest BCUT2D eigenvalue weighted by Gasteiger charge is -2.09. The van der Waals surface area contributed by atoms with Gasteiger partial charge in [0, 0.05) is 11.6 Å². The van der Waals surface area contributed by atoms with E-state index in [4.69, 9.17) is 10.8 Å². The average Bonchev–Trinajstić information content (AvgIpc) is 3.09. The summed E-state index contributed by atoms with van der Waals surface area (Å²) in [6, 6.07) is 6.96. The lowest BCUT2D eigenvalue weighted by atomic mass is 9.94. The summed E-state index contributed by atoms with van der Waals surface area (Å²) in [6.07, 6.45) is 2.33. The van der Waals surface area contributed by atoms with Crippen LogP contribution in [0.25, 0.3) is 0 Å². The number of para-hydroxylation sites is 1. The molecule has 1 aromatic carbocycles. The first-order valence-electron chi connectivity index (χ1n) is 6.56. The molecule has 8 nitrogen and oxygen atoms in total. The third-order valence-electron chi connectivity index (χ3n) is 3.53. The predicted molar refractivity (Wildman–Crippen MR) is 73.3 cm³/mol. The number of aromatic nitrogens is 4. The van der Waals surface area contributed by atoms with Gasteiger partial charge in [-0.25, -0.2) is 0 Å². The molecule has 2 heterocycles. The van der Waals surface area contributed by atoms with Crippen molar-refractivity contribution >= 4 is 17.9 Å². The van der Waals surface area contributed by atoms with Crippen molar-refractivity contribution in [3.05, 3.63) is 35.7 Å². The molecule has 0 bridgehead atoms. The van der Waals surface area contributed by atoms with Gasteiger partial charge in [-0.3, -0.25) is 4.79 Å². The number of carboxylic acid groups (broad SMARTS) is 1. The van der Waals surface area contributed by atoms with Gasteiger partial charge in [0.15, 0.2) is 6.21 Å². The van der Waals surface area contributed by atoms with E-state index in [2.05, 4.69) is 20.6 Å². The molecule has 0 aliphatic carbocycles. The van der Waals surface area contributed by atoms with E-state index < -0.39 is 12.0 Å². The Morgan fingerprint density at radius 2 is 2.29 bits per heavy atom. The maximum absolute atomic E-state index is 11.0. The standard InChI is InChI=1S/C13H14N6O2/c14-10(13(20)21)5-8-6-19(7-12-15-17-18-16-12)11-4-2-1-3-9(8)11/h1-4,6,8,10H,5,7,14H2,(H-,15,16,17,18,20,21)/p+1/t8?,10-/m0/s1. The van der Waals surface area contributed by atoms with Crippen LogP contribution in [-0.4, -0.2) is 48.5 Å². The minimum absolute atomic E-state index is 0.0285. The summed E-state index contributed by atoms with van der Waals surface area (Å²) < 4.78 is 2.00. The third kappa shape index (κ3) is 2.65. The van der Waals surface area contributed by atoms with E-state index in [1.54, 1.807) is 0 Å². The molecular weight excluding hydrogens is 272 g/mol. The highest BCUT2D eigenvalue weighted by Gasteiger charge is 2.33. The van der Waals surface area contributed by atoms with Crippen molar-refractivity contribution in [2.75, 3.05) is 0 Å². The Bertz CT molecular complexity index is 682. The van der Waals surface area contributed by atoms with Crippen molar-refractivity contribution in [2.24, 2.45) is 5.73 Å². The molecule has 0 amide bonds. The van der Waals surface area contributed by atoms with Crippen LogP contribution in [0.2, 0.25) is 0 Å². The van der Waals surface area contributed by atoms with E-state index >= 15 is 0 Å². The fourth-order valence-electron chi connectivity index (χ4n) is 2.54. The molecule has 21 heavy (non-hydrogen) atoms. The van der Waals surface area contributed by atoms with Gasteiger partial charge in [-0.15, -0.1) is 10.2 Å². The SMILES string of the molecule is N[C@@H](CC1C=[N+](Cc2nn[nH]n2)c2ccccc21)C(=O)O. The van der Waals surface area contributed by atoms with Gasteiger partial charge in [0.05, 0.1) is 5.92 Å². The molecular formula is C13H15N6O2+. The van der Waals surface area contributed by atoms with Crippen LogP contribution in [0.1, 0.15) is 23.7 Å². The number of tetrazole rings is 1. The Morgan fingerprint density at radius 3 is 3.00 bits per heavy atom. The van der Waals surface area contributed by atoms with Crippen molar-refractivity contribution < 1.29 is 14.5 Å². The van der Waals surface area contributed by atoms with Gasteiger partial charge >= 0.3 is 5.97 Å². The number of aromatic amines is 1. The van der Waals surface area contributed by atoms with Gasteiger partial charge in [0.25, 0.3) is 0 Å². The molecule has 8 heteroatoms. The first-order valence-corrected chi connectivity index (χ1v) is 6.56. The summed E-state index contributed by atoms with van der Waals surface area (Å²) in [7, 11) is 0. The number of aliphatic carboxylic acids is 1. The molecule has 2 aromatic rings. The molecule has 0 fully saturated rings. The zero-order valence-corrected chi connectivity index (χ0v) is 11.2. The molecule has 1 aliphatic heterocycles. The van der Waals surface area contributed by atoms with E-state index in [0.29, 0.717) is 18.8 Å². The minimum Gasteiger partial charge on any atom is -0.480 e. The summed E-state index contributed by atoms with van der Waals surface area (Å²) in [5, 5.41) is 22.8. The highest BCUT2D eigenvalue weighted by atomic mass is 16.4. The monoisotopic (exact) mass is 287 g/mol. The highest BCUT2D eigenvalue weighted by molar-refractivity contribution is 5.77. The Hall–Kier alpha value is -2.61. The van der Waals surface area contributed by atoms with E-state index in [9.17, 15) is 4.79 Å². The fraction of sp³-hybridized carbons (Fsp3) is 0.308. The molecule has 4 N–H and O–H groups in total. The summed E-state index contributed by atoms with van der Waals surface area (Å²) in [5.41, 5.74) is 7.74. The first kappa shape index (κ1) is 13.4. The van der Waals surface area contributed by atoms with Crippen molar-refractivity contribution in [1.29, 1.82) is 0 Å². The van der Waals surface area contributed by atoms with Crippen LogP contribution in [0.4, 0.5) is 5.69 Å². The molecule has 3 rings (SSSR count). The number of rotatable bonds is 5. The molecule has 0 saturated carbocycles. The summed E-state index contributed by atoms with van der Waals surface area (Å²) in [5.74, 6) is -0.444. The van der Waals surface area contributed by atoms with Gasteiger partial charge in [-0.05, 0) is 11.6 Å². The zero-order chi connectivity index (χ0) is 14.8. The maximum Gasteiger partial charge on any atom is 0.320 e. The van der Waals surface area contributed by atoms with Crippen LogP contribution in [-0.2, 0) is 11.3 Å². The second-order valence-corrected chi connectivity index (χ2v) is 4.95. The zero-order valence-electron chi connectivity index (χ0n) is 11.2. The van der Waals surface area contributed by atoms with Gasteiger partial charge < -0.3 is 10.8 Å². The number of carboxylic acids is 1. The van der Waals surface area contributed by atoms with Crippen molar-refractivity contribution in [3.63, 3.8) is 0 Å². The number of fused-ring (bicyclic) bond motifs is 1. The van der Waals surface area contributed by atoms with Crippen molar-refractivity contribution in [3.8, 4) is 0 Å². The molecule has 2 atom stereocenters. The second kappa shape index (κ2) is 5.41. The van der Waals surface area contributed by atoms with E-state index in [-0.39, 0.29) is 5.92 Å². The van der Waals surface area contributed by atoms with E-state index in [1.807, 2.05) is 35.1 Å². The number of benzene rings is 1. The van der Waals surface area contributed by atoms with Crippen molar-refractivity contribution in [2.45, 2.75) is 24.9 Å². The number of nitrogens with zero attached hydrogens (tertiary/aromatic N) is 4.